The number of morpholine rings is 1. The van der Waals surface area contributed by atoms with Crippen LogP contribution >= 0.6 is 22.7 Å². The number of rotatable bonds is 6. The van der Waals surface area contributed by atoms with Crippen molar-refractivity contribution in [3.05, 3.63) is 52.5 Å². The molecular formula is C20H20FN3O2S2. The third-order valence-corrected chi connectivity index (χ3v) is 6.41. The van der Waals surface area contributed by atoms with Gasteiger partial charge in [0.05, 0.1) is 17.9 Å². The van der Waals surface area contributed by atoms with Gasteiger partial charge in [0, 0.05) is 37.1 Å². The number of hydrogen-bond donors (Lipinski definition) is 0. The van der Waals surface area contributed by atoms with Crippen LogP contribution in [0.25, 0.3) is 16.3 Å². The molecular weight excluding hydrogens is 397 g/mol. The van der Waals surface area contributed by atoms with Crippen LogP contribution in [0.4, 0.5) is 9.52 Å². The third kappa shape index (κ3) is 4.47. The molecule has 28 heavy (non-hydrogen) atoms. The van der Waals surface area contributed by atoms with Gasteiger partial charge in [0.2, 0.25) is 0 Å². The predicted molar refractivity (Wildman–Crippen MR) is 113 cm³/mol. The van der Waals surface area contributed by atoms with Crippen LogP contribution in [0.15, 0.2) is 41.8 Å². The molecule has 1 amide bonds. The number of para-hydroxylation sites is 1. The first-order valence-electron chi connectivity index (χ1n) is 9.09. The van der Waals surface area contributed by atoms with Gasteiger partial charge < -0.3 is 4.74 Å². The molecule has 0 spiro atoms. The lowest BCUT2D eigenvalue weighted by molar-refractivity contribution is -0.114. The molecule has 0 atom stereocenters. The summed E-state index contributed by atoms with van der Waals surface area (Å²) in [7, 11) is 0. The van der Waals surface area contributed by atoms with Gasteiger partial charge in [0.25, 0.3) is 5.91 Å². The molecule has 1 aliphatic rings. The largest absolute Gasteiger partial charge is 0.379 e. The Morgan fingerprint density at radius 1 is 1.29 bits per heavy atom. The fraction of sp³-hybridized carbons (Fsp3) is 0.300. The summed E-state index contributed by atoms with van der Waals surface area (Å²) in [6.45, 7) is 4.33. The maximum atomic E-state index is 14.1. The maximum absolute atomic E-state index is 14.1. The standard InChI is InChI=1S/C20H20FN3O2S2/c21-16-4-1-5-17-19(16)22-20(28-17)24(9-8-23-10-12-26-13-11-23)18(25)7-6-15-3-2-14-27-15/h1-7,14H,8-13H2. The van der Waals surface area contributed by atoms with Gasteiger partial charge in [-0.1, -0.05) is 23.5 Å². The first kappa shape index (κ1) is 19.2. The summed E-state index contributed by atoms with van der Waals surface area (Å²) >= 11 is 2.91. The van der Waals surface area contributed by atoms with E-state index in [9.17, 15) is 9.18 Å². The molecule has 0 aliphatic carbocycles. The van der Waals surface area contributed by atoms with Crippen LogP contribution in [0.3, 0.4) is 0 Å². The highest BCUT2D eigenvalue weighted by molar-refractivity contribution is 7.22. The smallest absolute Gasteiger partial charge is 0.252 e. The Kier molecular flexibility index (Phi) is 6.11. The number of ether oxygens (including phenoxy) is 1. The molecule has 0 bridgehead atoms. The molecule has 8 heteroatoms. The Balaban J connectivity index is 1.57. The number of carbonyl (C=O) groups is 1. The van der Waals surface area contributed by atoms with Gasteiger partial charge in [-0.05, 0) is 29.7 Å². The number of anilines is 1. The van der Waals surface area contributed by atoms with E-state index in [-0.39, 0.29) is 11.7 Å². The summed E-state index contributed by atoms with van der Waals surface area (Å²) < 4.78 is 20.2. The van der Waals surface area contributed by atoms with E-state index in [1.807, 2.05) is 29.7 Å². The molecule has 5 nitrogen and oxygen atoms in total. The maximum Gasteiger partial charge on any atom is 0.252 e. The normalized spacial score (nSPS) is 15.5. The monoisotopic (exact) mass is 417 g/mol. The van der Waals surface area contributed by atoms with Crippen LogP contribution in [0, 0.1) is 5.82 Å². The highest BCUT2D eigenvalue weighted by Crippen LogP contribution is 2.30. The number of nitrogens with zero attached hydrogens (tertiary/aromatic N) is 3. The minimum Gasteiger partial charge on any atom is -0.379 e. The van der Waals surface area contributed by atoms with Gasteiger partial charge in [-0.2, -0.15) is 0 Å². The zero-order valence-corrected chi connectivity index (χ0v) is 16.8. The Labute approximate surface area is 170 Å². The van der Waals surface area contributed by atoms with Crippen molar-refractivity contribution in [3.63, 3.8) is 0 Å². The van der Waals surface area contributed by atoms with Crippen LogP contribution in [0.5, 0.6) is 0 Å². The van der Waals surface area contributed by atoms with Gasteiger partial charge in [0.1, 0.15) is 11.3 Å². The molecule has 146 valence electrons. The molecule has 3 aromatic rings. The van der Waals surface area contributed by atoms with E-state index in [0.717, 1.165) is 29.2 Å². The average molecular weight is 418 g/mol. The fourth-order valence-corrected chi connectivity index (χ4v) is 4.64. The average Bonchev–Trinajstić information content (AvgIpc) is 3.38. The van der Waals surface area contributed by atoms with Gasteiger partial charge in [-0.15, -0.1) is 11.3 Å². The topological polar surface area (TPSA) is 45.7 Å². The highest BCUT2D eigenvalue weighted by Gasteiger charge is 2.21. The van der Waals surface area contributed by atoms with Gasteiger partial charge in [-0.3, -0.25) is 14.6 Å². The molecule has 1 aliphatic heterocycles. The van der Waals surface area contributed by atoms with Crippen molar-refractivity contribution in [1.82, 2.24) is 9.88 Å². The number of benzene rings is 1. The number of thiazole rings is 1. The summed E-state index contributed by atoms with van der Waals surface area (Å²) in [5.41, 5.74) is 0.314. The summed E-state index contributed by atoms with van der Waals surface area (Å²) in [5.74, 6) is -0.518. The van der Waals surface area contributed by atoms with Crippen LogP contribution in [-0.2, 0) is 9.53 Å². The predicted octanol–water partition coefficient (Wildman–Crippen LogP) is 3.88. The molecule has 0 unspecified atom stereocenters. The SMILES string of the molecule is O=C(C=Cc1cccs1)N(CCN1CCOCC1)c1nc2c(F)cccc2s1. The second kappa shape index (κ2) is 8.91. The Bertz CT molecular complexity index is 965. The van der Waals surface area contributed by atoms with Crippen LogP contribution in [-0.4, -0.2) is 55.2 Å². The molecule has 0 N–H and O–H groups in total. The summed E-state index contributed by atoms with van der Waals surface area (Å²) in [4.78, 5) is 22.3. The van der Waals surface area contributed by atoms with Crippen molar-refractivity contribution in [2.24, 2.45) is 0 Å². The van der Waals surface area contributed by atoms with Crippen molar-refractivity contribution >= 4 is 50.0 Å². The van der Waals surface area contributed by atoms with E-state index in [1.165, 1.54) is 17.4 Å². The Morgan fingerprint density at radius 2 is 2.14 bits per heavy atom. The van der Waals surface area contributed by atoms with Crippen molar-refractivity contribution in [2.45, 2.75) is 0 Å². The van der Waals surface area contributed by atoms with Crippen molar-refractivity contribution < 1.29 is 13.9 Å². The lowest BCUT2D eigenvalue weighted by Crippen LogP contribution is -2.42. The number of carbonyl (C=O) groups excluding carboxylic acids is 1. The van der Waals surface area contributed by atoms with Crippen LogP contribution in [0.2, 0.25) is 0 Å². The number of aromatic nitrogens is 1. The molecule has 0 radical (unpaired) electrons. The first-order chi connectivity index (χ1) is 13.7. The van der Waals surface area contributed by atoms with Crippen LogP contribution in [0.1, 0.15) is 4.88 Å². The zero-order valence-electron chi connectivity index (χ0n) is 15.2. The minimum absolute atomic E-state index is 0.152. The quantitative estimate of drug-likeness (QED) is 0.571. The Morgan fingerprint density at radius 3 is 2.89 bits per heavy atom. The molecule has 1 fully saturated rings. The van der Waals surface area contributed by atoms with E-state index in [0.29, 0.717) is 30.4 Å². The third-order valence-electron chi connectivity index (χ3n) is 4.53. The van der Waals surface area contributed by atoms with E-state index in [2.05, 4.69) is 9.88 Å². The van der Waals surface area contributed by atoms with E-state index in [4.69, 9.17) is 4.74 Å². The summed E-state index contributed by atoms with van der Waals surface area (Å²) in [6.07, 6.45) is 3.37. The van der Waals surface area contributed by atoms with E-state index >= 15 is 0 Å². The highest BCUT2D eigenvalue weighted by atomic mass is 32.1. The second-order valence-corrected chi connectivity index (χ2v) is 8.36. The van der Waals surface area contributed by atoms with Crippen molar-refractivity contribution in [3.8, 4) is 0 Å². The van der Waals surface area contributed by atoms with Crippen LogP contribution < -0.4 is 4.90 Å². The molecule has 0 saturated carbocycles. The number of fused-ring (bicyclic) bond motifs is 1. The summed E-state index contributed by atoms with van der Waals surface area (Å²) in [6, 6.07) is 8.78. The van der Waals surface area contributed by atoms with E-state index < -0.39 is 0 Å². The lowest BCUT2D eigenvalue weighted by Gasteiger charge is -2.28. The number of hydrogen-bond acceptors (Lipinski definition) is 6. The molecule has 1 saturated heterocycles. The van der Waals surface area contributed by atoms with Gasteiger partial charge >= 0.3 is 0 Å². The lowest BCUT2D eigenvalue weighted by atomic mass is 10.3. The summed E-state index contributed by atoms with van der Waals surface area (Å²) in [5, 5.41) is 2.49. The molecule has 4 rings (SSSR count). The fourth-order valence-electron chi connectivity index (χ4n) is 3.01. The molecule has 3 heterocycles. The second-order valence-electron chi connectivity index (χ2n) is 6.38. The minimum atomic E-state index is -0.366. The van der Waals surface area contributed by atoms with Gasteiger partial charge in [0.15, 0.2) is 5.13 Å². The Hall–Kier alpha value is -2.13. The molecule has 1 aromatic carbocycles. The van der Waals surface area contributed by atoms with E-state index in [1.54, 1.807) is 28.4 Å². The number of halogens is 1. The molecule has 2 aromatic heterocycles. The number of amides is 1. The first-order valence-corrected chi connectivity index (χ1v) is 10.8. The zero-order chi connectivity index (χ0) is 19.3. The van der Waals surface area contributed by atoms with Crippen molar-refractivity contribution in [2.75, 3.05) is 44.3 Å². The van der Waals surface area contributed by atoms with Crippen molar-refractivity contribution in [1.29, 1.82) is 0 Å². The number of thiophene rings is 1. The van der Waals surface area contributed by atoms with Gasteiger partial charge in [-0.25, -0.2) is 9.37 Å².